The summed E-state index contributed by atoms with van der Waals surface area (Å²) in [6.45, 7) is 3.35. The van der Waals surface area contributed by atoms with Crippen LogP contribution in [0.4, 0.5) is 32.0 Å². The molecular weight excluding hydrogens is 624 g/mol. The minimum Gasteiger partial charge on any atom is -0.487 e. The topological polar surface area (TPSA) is 106 Å². The van der Waals surface area contributed by atoms with Crippen molar-refractivity contribution in [2.45, 2.75) is 57.2 Å². The van der Waals surface area contributed by atoms with Crippen LogP contribution in [0.1, 0.15) is 32.3 Å². The highest BCUT2D eigenvalue weighted by molar-refractivity contribution is 6.30. The van der Waals surface area contributed by atoms with E-state index in [-0.39, 0.29) is 24.0 Å². The van der Waals surface area contributed by atoms with Crippen molar-refractivity contribution in [1.82, 2.24) is 10.2 Å². The maximum absolute atomic E-state index is 13.1. The first-order valence-electron chi connectivity index (χ1n) is 13.3. The molecule has 1 aliphatic rings. The molecule has 1 fully saturated rings. The van der Waals surface area contributed by atoms with Crippen molar-refractivity contribution in [3.8, 4) is 11.5 Å². The summed E-state index contributed by atoms with van der Waals surface area (Å²) < 4.78 is 92.0. The molecule has 0 unspecified atom stereocenters. The van der Waals surface area contributed by atoms with E-state index in [1.54, 1.807) is 12.1 Å². The van der Waals surface area contributed by atoms with Crippen LogP contribution in [0, 0.1) is 0 Å². The van der Waals surface area contributed by atoms with Gasteiger partial charge in [-0.3, -0.25) is 9.69 Å². The van der Waals surface area contributed by atoms with Crippen LogP contribution >= 0.6 is 11.6 Å². The molecule has 2 aromatic rings. The molecule has 0 aromatic heterocycles. The summed E-state index contributed by atoms with van der Waals surface area (Å²) in [5.41, 5.74) is -0.950. The lowest BCUT2D eigenvalue weighted by atomic mass is 10.0. The summed E-state index contributed by atoms with van der Waals surface area (Å²) in [6, 6.07) is 10.1. The lowest BCUT2D eigenvalue weighted by Crippen LogP contribution is -2.52. The molecule has 2 N–H and O–H groups in total. The molecule has 1 amide bonds. The van der Waals surface area contributed by atoms with Gasteiger partial charge in [0, 0.05) is 37.1 Å². The van der Waals surface area contributed by atoms with E-state index in [2.05, 4.69) is 20.3 Å². The normalized spacial score (nSPS) is 16.1. The summed E-state index contributed by atoms with van der Waals surface area (Å²) in [6.07, 6.45) is -9.35. The van der Waals surface area contributed by atoms with Gasteiger partial charge in [0.2, 0.25) is 5.91 Å². The van der Waals surface area contributed by atoms with Crippen LogP contribution in [0.2, 0.25) is 5.02 Å². The maximum atomic E-state index is 13.1. The molecule has 3 rings (SSSR count). The minimum atomic E-state index is -5.32. The monoisotopic (exact) mass is 653 g/mol. The van der Waals surface area contributed by atoms with Gasteiger partial charge in [-0.25, -0.2) is 9.59 Å². The number of alkyl halides is 6. The van der Waals surface area contributed by atoms with Crippen LogP contribution in [-0.4, -0.2) is 73.0 Å². The van der Waals surface area contributed by atoms with Crippen molar-refractivity contribution in [2.75, 3.05) is 31.6 Å². The van der Waals surface area contributed by atoms with Crippen molar-refractivity contribution in [1.29, 1.82) is 0 Å². The third-order valence-electron chi connectivity index (χ3n) is 6.48. The third kappa shape index (κ3) is 10.9. The number of carbonyl (C=O) groups excluding carboxylic acids is 3. The Morgan fingerprint density at radius 2 is 1.57 bits per heavy atom. The minimum absolute atomic E-state index is 0.0881. The first kappa shape index (κ1) is 34.9. The second kappa shape index (κ2) is 14.5. The number of hydrogen-bond acceptors (Lipinski definition) is 8. The molecule has 1 saturated heterocycles. The highest BCUT2D eigenvalue weighted by Gasteiger charge is 2.46. The number of hydrogen-bond donors (Lipinski definition) is 2. The smallest absolute Gasteiger partial charge is 0.487 e. The van der Waals surface area contributed by atoms with Gasteiger partial charge in [-0.2, -0.15) is 26.3 Å². The highest BCUT2D eigenvalue weighted by atomic mass is 35.5. The maximum Gasteiger partial charge on any atom is 0.491 e. The van der Waals surface area contributed by atoms with E-state index in [9.17, 15) is 40.7 Å². The van der Waals surface area contributed by atoms with Gasteiger partial charge in [-0.15, -0.1) is 0 Å². The summed E-state index contributed by atoms with van der Waals surface area (Å²) in [7, 11) is 0. The molecule has 0 bridgehead atoms. The molecule has 9 nitrogen and oxygen atoms in total. The van der Waals surface area contributed by atoms with Crippen molar-refractivity contribution >= 4 is 35.1 Å². The van der Waals surface area contributed by atoms with Crippen molar-refractivity contribution in [2.24, 2.45) is 0 Å². The average Bonchev–Trinajstić information content (AvgIpc) is 2.92. The van der Waals surface area contributed by atoms with Crippen LogP contribution < -0.4 is 20.1 Å². The molecule has 1 atom stereocenters. The van der Waals surface area contributed by atoms with E-state index in [0.717, 1.165) is 30.7 Å². The number of anilines is 1. The van der Waals surface area contributed by atoms with Gasteiger partial charge in [-0.05, 0) is 62.7 Å². The Morgan fingerprint density at radius 3 is 2.14 bits per heavy atom. The number of ether oxygens (including phenoxy) is 3. The van der Waals surface area contributed by atoms with Gasteiger partial charge in [-0.1, -0.05) is 23.7 Å². The summed E-state index contributed by atoms with van der Waals surface area (Å²) in [5, 5.41) is 6.09. The first-order valence-corrected chi connectivity index (χ1v) is 13.6. The number of nitrogens with one attached hydrogen (secondary N) is 2. The Labute approximate surface area is 253 Å². The molecule has 44 heavy (non-hydrogen) atoms. The Morgan fingerprint density at radius 1 is 0.955 bits per heavy atom. The van der Waals surface area contributed by atoms with Gasteiger partial charge in [0.15, 0.2) is 5.60 Å². The largest absolute Gasteiger partial charge is 0.491 e. The summed E-state index contributed by atoms with van der Waals surface area (Å²) in [4.78, 5) is 36.9. The molecule has 0 aliphatic carbocycles. The van der Waals surface area contributed by atoms with E-state index < -0.39 is 48.2 Å². The number of amides is 1. The molecule has 0 radical (unpaired) electrons. The zero-order valence-corrected chi connectivity index (χ0v) is 24.4. The van der Waals surface area contributed by atoms with Crippen molar-refractivity contribution in [3.05, 3.63) is 53.1 Å². The predicted octanol–water partition coefficient (Wildman–Crippen LogP) is 5.26. The van der Waals surface area contributed by atoms with E-state index in [0.29, 0.717) is 37.5 Å². The molecule has 2 aromatic carbocycles. The van der Waals surface area contributed by atoms with Crippen LogP contribution in [0.5, 0.6) is 11.5 Å². The number of esters is 2. The number of nitrogens with zero attached hydrogens (tertiary/aromatic N) is 1. The molecule has 1 heterocycles. The van der Waals surface area contributed by atoms with Crippen LogP contribution in [0.15, 0.2) is 42.5 Å². The highest BCUT2D eigenvalue weighted by Crippen LogP contribution is 2.32. The number of benzene rings is 2. The van der Waals surface area contributed by atoms with Crippen molar-refractivity contribution < 1.29 is 54.9 Å². The van der Waals surface area contributed by atoms with Gasteiger partial charge >= 0.3 is 24.3 Å². The van der Waals surface area contributed by atoms with Gasteiger partial charge in [0.1, 0.15) is 18.1 Å². The van der Waals surface area contributed by atoms with Crippen LogP contribution in [0.25, 0.3) is 0 Å². The Bertz CT molecular complexity index is 1320. The average molecular weight is 654 g/mol. The molecule has 242 valence electrons. The van der Waals surface area contributed by atoms with Crippen LogP contribution in [0.3, 0.4) is 0 Å². The summed E-state index contributed by atoms with van der Waals surface area (Å²) >= 11 is 5.93. The number of piperidine rings is 1. The molecular formula is C28H30ClF6N3O6. The lowest BCUT2D eigenvalue weighted by molar-refractivity contribution is -0.214. The zero-order chi connectivity index (χ0) is 32.7. The SMILES string of the molecule is CC(=O)Nc1ccc(OC(=O)C(F)(F)F)cc1OC[C@](C)(CNC1CCN(Cc2ccc(Cl)cc2)CC1)OC(=O)C(F)(F)F. The fraction of sp³-hybridized carbons (Fsp3) is 0.464. The van der Waals surface area contributed by atoms with E-state index in [4.69, 9.17) is 21.1 Å². The zero-order valence-electron chi connectivity index (χ0n) is 23.6. The number of carbonyl (C=O) groups is 3. The predicted molar refractivity (Wildman–Crippen MR) is 146 cm³/mol. The van der Waals surface area contributed by atoms with E-state index in [1.807, 2.05) is 12.1 Å². The molecule has 16 heteroatoms. The lowest BCUT2D eigenvalue weighted by Gasteiger charge is -2.36. The van der Waals surface area contributed by atoms with Gasteiger partial charge in [0.05, 0.1) is 5.69 Å². The number of likely N-dealkylation sites (tertiary alicyclic amines) is 1. The molecule has 0 saturated carbocycles. The van der Waals surface area contributed by atoms with Crippen LogP contribution in [-0.2, 0) is 25.7 Å². The van der Waals surface area contributed by atoms with E-state index >= 15 is 0 Å². The fourth-order valence-corrected chi connectivity index (χ4v) is 4.40. The number of rotatable bonds is 11. The molecule has 0 spiro atoms. The van der Waals surface area contributed by atoms with E-state index in [1.165, 1.54) is 6.92 Å². The Kier molecular flexibility index (Phi) is 11.5. The first-order chi connectivity index (χ1) is 20.4. The van der Waals surface area contributed by atoms with Gasteiger partial charge in [0.25, 0.3) is 0 Å². The quantitative estimate of drug-likeness (QED) is 0.192. The van der Waals surface area contributed by atoms with Gasteiger partial charge < -0.3 is 24.8 Å². The summed E-state index contributed by atoms with van der Waals surface area (Å²) in [5.74, 6) is -6.57. The third-order valence-corrected chi connectivity index (χ3v) is 6.73. The molecule has 1 aliphatic heterocycles. The standard InChI is InChI=1S/C28H30ClF6N3O6/c1-17(39)37-22-8-7-21(43-24(40)27(30,31)32)13-23(22)42-16-26(2,44-25(41)28(33,34)35)15-36-20-9-11-38(12-10-20)14-18-3-5-19(29)6-4-18/h3-8,13,20,36H,9-12,14-16H2,1-2H3,(H,37,39)/t26-/m0/s1. The second-order valence-corrected chi connectivity index (χ2v) is 10.8. The Balaban J connectivity index is 1.70. The Hall–Kier alpha value is -3.56. The second-order valence-electron chi connectivity index (χ2n) is 10.4. The van der Waals surface area contributed by atoms with Crippen molar-refractivity contribution in [3.63, 3.8) is 0 Å². The number of halogens is 7. The fourth-order valence-electron chi connectivity index (χ4n) is 4.28.